The molecule has 1 aromatic carbocycles. The second kappa shape index (κ2) is 8.57. The Kier molecular flexibility index (Phi) is 6.44. The van der Waals surface area contributed by atoms with Gasteiger partial charge in [-0.3, -0.25) is 14.3 Å². The Bertz CT molecular complexity index is 842. The minimum atomic E-state index is -0.358. The Morgan fingerprint density at radius 2 is 1.78 bits per heavy atom. The minimum Gasteiger partial charge on any atom is -0.490 e. The fourth-order valence-corrected chi connectivity index (χ4v) is 2.50. The van der Waals surface area contributed by atoms with E-state index in [4.69, 9.17) is 9.47 Å². The Balaban J connectivity index is 2.35. The monoisotopic (exact) mass is 374 g/mol. The number of hydrogen-bond donors (Lipinski definition) is 1. The Morgan fingerprint density at radius 3 is 2.37 bits per heavy atom. The number of aryl methyl sites for hydroxylation is 1. The van der Waals surface area contributed by atoms with Crippen LogP contribution in [0.2, 0.25) is 0 Å². The molecule has 0 radical (unpaired) electrons. The number of hydrogen-bond acceptors (Lipinski definition) is 5. The molecule has 146 valence electrons. The summed E-state index contributed by atoms with van der Waals surface area (Å²) < 4.78 is 12.7. The molecule has 0 atom stereocenters. The zero-order chi connectivity index (χ0) is 20.1. The van der Waals surface area contributed by atoms with Gasteiger partial charge in [-0.15, -0.1) is 0 Å². The lowest BCUT2D eigenvalue weighted by Crippen LogP contribution is -2.24. The van der Waals surface area contributed by atoms with Gasteiger partial charge < -0.3 is 19.7 Å². The quantitative estimate of drug-likeness (QED) is 0.805. The minimum absolute atomic E-state index is 0.198. The molecule has 0 aliphatic carbocycles. The lowest BCUT2D eigenvalue weighted by atomic mass is 10.1. The molecule has 27 heavy (non-hydrogen) atoms. The van der Waals surface area contributed by atoms with Crippen LogP contribution in [0.25, 0.3) is 0 Å². The fraction of sp³-hybridized carbons (Fsp3) is 0.421. The van der Waals surface area contributed by atoms with Gasteiger partial charge in [0.05, 0.1) is 24.6 Å². The number of nitrogens with zero attached hydrogens (tertiary/aromatic N) is 3. The number of aromatic nitrogens is 2. The normalized spacial score (nSPS) is 10.4. The zero-order valence-electron chi connectivity index (χ0n) is 16.6. The molecule has 0 unspecified atom stereocenters. The number of amides is 2. The first-order chi connectivity index (χ1) is 12.8. The van der Waals surface area contributed by atoms with Crippen LogP contribution in [-0.2, 0) is 7.05 Å². The average Bonchev–Trinajstić information content (AvgIpc) is 2.91. The summed E-state index contributed by atoms with van der Waals surface area (Å²) in [6, 6.07) is 4.98. The second-order valence-electron chi connectivity index (χ2n) is 6.11. The molecular formula is C19H26N4O4. The molecule has 1 aromatic heterocycles. The van der Waals surface area contributed by atoms with Gasteiger partial charge in [0.1, 0.15) is 0 Å². The number of carbonyl (C=O) groups is 2. The van der Waals surface area contributed by atoms with Crippen molar-refractivity contribution in [3.8, 4) is 11.5 Å². The first-order valence-electron chi connectivity index (χ1n) is 8.76. The number of rotatable bonds is 7. The van der Waals surface area contributed by atoms with Crippen molar-refractivity contribution in [2.24, 2.45) is 7.05 Å². The van der Waals surface area contributed by atoms with Crippen LogP contribution in [-0.4, -0.2) is 53.8 Å². The summed E-state index contributed by atoms with van der Waals surface area (Å²) in [5.74, 6) is 0.440. The lowest BCUT2D eigenvalue weighted by Gasteiger charge is -2.13. The third-order valence-electron chi connectivity index (χ3n) is 3.99. The van der Waals surface area contributed by atoms with Crippen molar-refractivity contribution in [3.63, 3.8) is 0 Å². The molecule has 1 N–H and O–H groups in total. The van der Waals surface area contributed by atoms with Crippen LogP contribution in [0.15, 0.2) is 18.2 Å². The van der Waals surface area contributed by atoms with Crippen molar-refractivity contribution < 1.29 is 19.1 Å². The molecule has 0 spiro atoms. The number of ether oxygens (including phenoxy) is 2. The molecule has 0 aliphatic heterocycles. The molecule has 2 amide bonds. The van der Waals surface area contributed by atoms with Crippen LogP contribution in [0.5, 0.6) is 11.5 Å². The Labute approximate surface area is 159 Å². The SMILES string of the molecule is CCOc1ccc(C(=O)Nc2c(C(=O)N(C)C)nn(C)c2C)cc1OCC. The smallest absolute Gasteiger partial charge is 0.276 e. The second-order valence-corrected chi connectivity index (χ2v) is 6.11. The number of benzene rings is 1. The van der Waals surface area contributed by atoms with Gasteiger partial charge in [-0.2, -0.15) is 5.10 Å². The van der Waals surface area contributed by atoms with E-state index in [2.05, 4.69) is 10.4 Å². The largest absolute Gasteiger partial charge is 0.490 e. The molecule has 0 saturated carbocycles. The standard InChI is InChI=1S/C19H26N4O4/c1-7-26-14-10-9-13(11-15(14)27-8-2)18(24)20-16-12(3)23(6)21-17(16)19(25)22(4)5/h9-11H,7-8H2,1-6H3,(H,20,24). The van der Waals surface area contributed by atoms with E-state index in [9.17, 15) is 9.59 Å². The highest BCUT2D eigenvalue weighted by Crippen LogP contribution is 2.29. The van der Waals surface area contributed by atoms with E-state index in [0.29, 0.717) is 41.7 Å². The highest BCUT2D eigenvalue weighted by molar-refractivity contribution is 6.09. The summed E-state index contributed by atoms with van der Waals surface area (Å²) in [6.45, 7) is 6.48. The van der Waals surface area contributed by atoms with Crippen LogP contribution in [0.3, 0.4) is 0 Å². The topological polar surface area (TPSA) is 85.7 Å². The van der Waals surface area contributed by atoms with Gasteiger partial charge in [0.15, 0.2) is 17.2 Å². The Morgan fingerprint density at radius 1 is 1.15 bits per heavy atom. The maximum atomic E-state index is 12.8. The third kappa shape index (κ3) is 4.39. The molecule has 8 nitrogen and oxygen atoms in total. The first-order valence-corrected chi connectivity index (χ1v) is 8.76. The van der Waals surface area contributed by atoms with E-state index in [1.165, 1.54) is 4.90 Å². The fourth-order valence-electron chi connectivity index (χ4n) is 2.50. The van der Waals surface area contributed by atoms with Crippen molar-refractivity contribution in [2.45, 2.75) is 20.8 Å². The summed E-state index contributed by atoms with van der Waals surface area (Å²) in [4.78, 5) is 26.6. The van der Waals surface area contributed by atoms with E-state index >= 15 is 0 Å². The van der Waals surface area contributed by atoms with Crippen LogP contribution in [0.1, 0.15) is 40.4 Å². The van der Waals surface area contributed by atoms with E-state index < -0.39 is 0 Å². The molecule has 0 saturated heterocycles. The van der Waals surface area contributed by atoms with Gasteiger partial charge in [0.2, 0.25) is 0 Å². The molecule has 2 aromatic rings. The average molecular weight is 374 g/mol. The highest BCUT2D eigenvalue weighted by atomic mass is 16.5. The molecule has 0 bridgehead atoms. The van der Waals surface area contributed by atoms with Gasteiger partial charge in [0.25, 0.3) is 11.8 Å². The number of carbonyl (C=O) groups excluding carboxylic acids is 2. The zero-order valence-corrected chi connectivity index (χ0v) is 16.6. The van der Waals surface area contributed by atoms with Crippen molar-refractivity contribution >= 4 is 17.5 Å². The summed E-state index contributed by atoms with van der Waals surface area (Å²) in [7, 11) is 5.00. The summed E-state index contributed by atoms with van der Waals surface area (Å²) >= 11 is 0. The predicted octanol–water partition coefficient (Wildman–Crippen LogP) is 2.48. The lowest BCUT2D eigenvalue weighted by molar-refractivity contribution is 0.0822. The van der Waals surface area contributed by atoms with Crippen LogP contribution < -0.4 is 14.8 Å². The highest BCUT2D eigenvalue weighted by Gasteiger charge is 2.23. The predicted molar refractivity (Wildman–Crippen MR) is 103 cm³/mol. The van der Waals surface area contributed by atoms with Crippen molar-refractivity contribution in [1.82, 2.24) is 14.7 Å². The number of anilines is 1. The summed E-state index contributed by atoms with van der Waals surface area (Å²) in [5, 5.41) is 7.04. The first kappa shape index (κ1) is 20.3. The molecule has 0 fully saturated rings. The van der Waals surface area contributed by atoms with Gasteiger partial charge in [-0.05, 0) is 39.0 Å². The van der Waals surface area contributed by atoms with E-state index in [1.807, 2.05) is 13.8 Å². The molecule has 1 heterocycles. The summed E-state index contributed by atoms with van der Waals surface area (Å²) in [5.41, 5.74) is 1.68. The van der Waals surface area contributed by atoms with E-state index in [-0.39, 0.29) is 17.5 Å². The molecule has 2 rings (SSSR count). The molecular weight excluding hydrogens is 348 g/mol. The maximum Gasteiger partial charge on any atom is 0.276 e. The van der Waals surface area contributed by atoms with E-state index in [1.54, 1.807) is 50.9 Å². The van der Waals surface area contributed by atoms with Gasteiger partial charge >= 0.3 is 0 Å². The Hall–Kier alpha value is -3.03. The summed E-state index contributed by atoms with van der Waals surface area (Å²) in [6.07, 6.45) is 0. The molecule has 0 aliphatic rings. The van der Waals surface area contributed by atoms with Crippen LogP contribution in [0, 0.1) is 6.92 Å². The van der Waals surface area contributed by atoms with Gasteiger partial charge in [0, 0.05) is 26.7 Å². The van der Waals surface area contributed by atoms with Gasteiger partial charge in [-0.1, -0.05) is 0 Å². The van der Waals surface area contributed by atoms with Gasteiger partial charge in [-0.25, -0.2) is 0 Å². The van der Waals surface area contributed by atoms with Crippen molar-refractivity contribution in [1.29, 1.82) is 0 Å². The van der Waals surface area contributed by atoms with Crippen molar-refractivity contribution in [3.05, 3.63) is 35.2 Å². The van der Waals surface area contributed by atoms with Crippen molar-refractivity contribution in [2.75, 3.05) is 32.6 Å². The maximum absolute atomic E-state index is 12.8. The van der Waals surface area contributed by atoms with E-state index in [0.717, 1.165) is 0 Å². The van der Waals surface area contributed by atoms with Crippen LogP contribution in [0.4, 0.5) is 5.69 Å². The van der Waals surface area contributed by atoms with Crippen LogP contribution >= 0.6 is 0 Å². The number of nitrogens with one attached hydrogen (secondary N) is 1. The third-order valence-corrected chi connectivity index (χ3v) is 3.99. The molecule has 8 heteroatoms.